The molecule has 0 aromatic carbocycles. The van der Waals surface area contributed by atoms with E-state index in [1.165, 1.54) is 6.92 Å². The van der Waals surface area contributed by atoms with Crippen LogP contribution >= 0.6 is 0 Å². The molecule has 0 saturated carbocycles. The van der Waals surface area contributed by atoms with Crippen molar-refractivity contribution in [2.45, 2.75) is 341 Å². The van der Waals surface area contributed by atoms with Crippen LogP contribution in [0.2, 0.25) is 0 Å². The third-order valence-corrected chi connectivity index (χ3v) is 22.4. The minimum atomic E-state index is -2.63. The molecule has 10 saturated heterocycles. The van der Waals surface area contributed by atoms with Gasteiger partial charge in [0.25, 0.3) is 0 Å². The number of aliphatic hydroxyl groups excluding tert-OH is 27. The van der Waals surface area contributed by atoms with Crippen LogP contribution in [-0.2, 0) is 109 Å². The molecular formula is C68H114N4O50. The van der Waals surface area contributed by atoms with Crippen molar-refractivity contribution in [2.24, 2.45) is 0 Å². The average molecular weight is 1790 g/mol. The first-order valence-electron chi connectivity index (χ1n) is 39.0. The van der Waals surface area contributed by atoms with Crippen molar-refractivity contribution in [2.75, 3.05) is 59.5 Å². The number of carbonyl (C=O) groups excluding carboxylic acids is 4. The van der Waals surface area contributed by atoms with Crippen molar-refractivity contribution in [3.63, 3.8) is 0 Å². The summed E-state index contributed by atoms with van der Waals surface area (Å²) in [5, 5.41) is 310. The fourth-order valence-corrected chi connectivity index (χ4v) is 15.8. The van der Waals surface area contributed by atoms with E-state index >= 15 is 0 Å². The lowest BCUT2D eigenvalue weighted by molar-refractivity contribution is -0.399. The molecule has 122 heavy (non-hydrogen) atoms. The van der Waals surface area contributed by atoms with E-state index in [4.69, 9.17) is 90.0 Å². The lowest BCUT2D eigenvalue weighted by atomic mass is 9.93. The van der Waals surface area contributed by atoms with Crippen LogP contribution in [0.3, 0.4) is 0 Å². The van der Waals surface area contributed by atoms with Crippen LogP contribution in [0.1, 0.15) is 34.6 Å². The summed E-state index contributed by atoms with van der Waals surface area (Å²) in [6.45, 7) is -4.83. The maximum absolute atomic E-state index is 13.3. The van der Waals surface area contributed by atoms with Crippen LogP contribution in [0.5, 0.6) is 0 Å². The number of nitrogens with one attached hydrogen (secondary N) is 4. The normalized spacial score (nSPS) is 49.7. The van der Waals surface area contributed by atoms with Gasteiger partial charge in [0.1, 0.15) is 238 Å². The zero-order chi connectivity index (χ0) is 89.8. The van der Waals surface area contributed by atoms with Gasteiger partial charge in [0, 0.05) is 27.7 Å². The summed E-state index contributed by atoms with van der Waals surface area (Å²) in [5.74, 6) is -3.76. The van der Waals surface area contributed by atoms with Gasteiger partial charge in [-0.1, -0.05) is 0 Å². The van der Waals surface area contributed by atoms with Crippen molar-refractivity contribution in [3.05, 3.63) is 0 Å². The van der Waals surface area contributed by atoms with E-state index in [0.717, 1.165) is 27.7 Å². The molecule has 50 atom stereocenters. The lowest BCUT2D eigenvalue weighted by Crippen LogP contribution is -2.71. The van der Waals surface area contributed by atoms with Crippen LogP contribution in [0.15, 0.2) is 0 Å². The standard InChI is InChI=1S/C68H114N4O50/c1-15-33(84)43(94)48(99)63(106-15)104-14-28-55(39(90)29(59(103)107-28)69-16(2)80)116-60-30(70-17(3)81)40(91)54(26(12-79)112-60)119-66-51(102)56(120-68-58(47(98)37(88)23(9-76)111-68)122-62-32(72-19(5)83)42(93)53(25(11-78)114-62)118-65-50(101)45(96)35(86)21(7-74)109-65)38(89)27(115-66)13-105-67-57(46(97)36(87)22(8-75)110-67)121-61-31(71-18(4)82)41(92)52(24(10-77)113-61)117-64-49(100)44(95)34(85)20(6-73)108-64/h15,20-68,73-79,84-103H,6-14H2,1-5H3,(H,69,80)(H,70,81)(H,71,82)(H,72,83)/t15-,20+,21+,22+,23+,24+,25+,26+,27+,28+,29+,30+,31+,32+,33+,34-,35-,36+,37+,38+,39+,40+,41+,42+,43+,44-,45-,46-,47-,48-,49+,50+,51-,52+,53+,54+,55+,56-,57-,58-,59?,60?,61?,62?,63?,64?,65?,66?,67?,68?/m0/s1. The first-order valence-corrected chi connectivity index (χ1v) is 39.0. The highest BCUT2D eigenvalue weighted by Gasteiger charge is 2.62. The molecule has 0 aromatic rings. The number of ether oxygens (including phenoxy) is 19. The Morgan fingerprint density at radius 2 is 0.500 bits per heavy atom. The van der Waals surface area contributed by atoms with Crippen molar-refractivity contribution >= 4 is 23.6 Å². The molecule has 10 fully saturated rings. The molecule has 10 aliphatic rings. The predicted octanol–water partition coefficient (Wildman–Crippen LogP) is -21.2. The maximum Gasteiger partial charge on any atom is 0.217 e. The Kier molecular flexibility index (Phi) is 35.8. The fourth-order valence-electron chi connectivity index (χ4n) is 15.8. The summed E-state index contributed by atoms with van der Waals surface area (Å²) in [7, 11) is 0. The average Bonchev–Trinajstić information content (AvgIpc) is 0.767. The zero-order valence-corrected chi connectivity index (χ0v) is 65.7. The van der Waals surface area contributed by atoms with E-state index in [0.29, 0.717) is 0 Å². The molecule has 0 spiro atoms. The number of rotatable bonds is 31. The van der Waals surface area contributed by atoms with Gasteiger partial charge in [0.15, 0.2) is 62.9 Å². The minimum Gasteiger partial charge on any atom is -0.394 e. The molecule has 0 radical (unpaired) electrons. The summed E-state index contributed by atoms with van der Waals surface area (Å²) in [4.78, 5) is 51.6. The molecule has 706 valence electrons. The Morgan fingerprint density at radius 1 is 0.230 bits per heavy atom. The monoisotopic (exact) mass is 1790 g/mol. The molecule has 54 nitrogen and oxygen atoms in total. The van der Waals surface area contributed by atoms with Crippen LogP contribution in [0, 0.1) is 0 Å². The molecule has 10 unspecified atom stereocenters. The minimum absolute atomic E-state index is 0.846. The quantitative estimate of drug-likeness (QED) is 0.0306. The van der Waals surface area contributed by atoms with Gasteiger partial charge in [-0.2, -0.15) is 0 Å². The topological polar surface area (TPSA) is 838 Å². The van der Waals surface area contributed by atoms with Gasteiger partial charge >= 0.3 is 0 Å². The number of aliphatic hydroxyl groups is 27. The number of hydrogen-bond donors (Lipinski definition) is 31. The smallest absolute Gasteiger partial charge is 0.217 e. The second kappa shape index (κ2) is 43.6. The van der Waals surface area contributed by atoms with Crippen LogP contribution in [0.4, 0.5) is 0 Å². The van der Waals surface area contributed by atoms with Crippen LogP contribution in [0.25, 0.3) is 0 Å². The first-order chi connectivity index (χ1) is 57.7. The summed E-state index contributed by atoms with van der Waals surface area (Å²) in [6.07, 6.45) is -95.2. The van der Waals surface area contributed by atoms with Gasteiger partial charge in [-0.05, 0) is 6.92 Å². The van der Waals surface area contributed by atoms with Gasteiger partial charge in [-0.25, -0.2) is 0 Å². The second-order valence-corrected chi connectivity index (χ2v) is 31.0. The van der Waals surface area contributed by atoms with E-state index in [9.17, 15) is 157 Å². The van der Waals surface area contributed by atoms with Gasteiger partial charge < -0.3 is 249 Å². The molecule has 54 heteroatoms. The number of hydrogen-bond acceptors (Lipinski definition) is 50. The fraction of sp³-hybridized carbons (Fsp3) is 0.941. The highest BCUT2D eigenvalue weighted by molar-refractivity contribution is 5.74. The van der Waals surface area contributed by atoms with Crippen molar-refractivity contribution in [1.82, 2.24) is 21.3 Å². The van der Waals surface area contributed by atoms with Gasteiger partial charge in [0.2, 0.25) is 23.6 Å². The van der Waals surface area contributed by atoms with Crippen LogP contribution < -0.4 is 21.3 Å². The molecule has 0 aliphatic carbocycles. The summed E-state index contributed by atoms with van der Waals surface area (Å²) in [5.41, 5.74) is 0. The van der Waals surface area contributed by atoms with Crippen molar-refractivity contribution in [1.29, 1.82) is 0 Å². The molecule has 4 amide bonds. The molecule has 10 heterocycles. The molecule has 0 aromatic heterocycles. The molecule has 10 rings (SSSR count). The van der Waals surface area contributed by atoms with E-state index in [1.807, 2.05) is 0 Å². The summed E-state index contributed by atoms with van der Waals surface area (Å²) in [6, 6.07) is -7.69. The number of amides is 4. The molecule has 31 N–H and O–H groups in total. The first kappa shape index (κ1) is 100. The SMILES string of the molecule is CC(=O)N[C@H]1C(O)O[C@H](COC2O[C@@H](C)[C@@H](O)[C@@H](O)[C@@H]2O)[C@@H](OC2O[C@H](CO)[C@@H](OC3O[C@H](COC4O[C@H](CO)[C@@H](O)[C@H](O)[C@@H]4OC4O[C@H](CO)[C@@H](OC5O[C@H](CO)[C@H](O)[C@H](O)[C@H]5O)[C@H](O)[C@H]4NC(C)=O)[C@@H](O)[C@H](OC4O[C@H](CO)[C@@H](O)[C@H](O)[C@@H]4OC4O[C@H](CO)[C@@H](OC5O[C@H](CO)[C@H](O)[C@H](O)[C@H]5O)[C@H](O)[C@H]4NC(C)=O)[C@@H]3O)[C@H](O)[C@H]2NC(C)=O)[C@@H]1O. The Balaban J connectivity index is 0.983. The van der Waals surface area contributed by atoms with E-state index in [2.05, 4.69) is 21.3 Å². The molecular weight excluding hydrogens is 1670 g/mol. The predicted molar refractivity (Wildman–Crippen MR) is 375 cm³/mol. The van der Waals surface area contributed by atoms with Crippen molar-refractivity contribution in [3.8, 4) is 0 Å². The maximum atomic E-state index is 13.3. The van der Waals surface area contributed by atoms with Gasteiger partial charge in [0.05, 0.1) is 65.6 Å². The van der Waals surface area contributed by atoms with Gasteiger partial charge in [-0.3, -0.25) is 19.2 Å². The third kappa shape index (κ3) is 22.0. The van der Waals surface area contributed by atoms with E-state index in [1.54, 1.807) is 0 Å². The highest BCUT2D eigenvalue weighted by Crippen LogP contribution is 2.41. The lowest BCUT2D eigenvalue weighted by Gasteiger charge is -2.51. The Hall–Kier alpha value is -3.96. The van der Waals surface area contributed by atoms with E-state index in [-0.39, 0.29) is 0 Å². The molecule has 10 aliphatic heterocycles. The van der Waals surface area contributed by atoms with E-state index < -0.39 is 390 Å². The van der Waals surface area contributed by atoms with Crippen molar-refractivity contribution < 1.29 is 247 Å². The second-order valence-electron chi connectivity index (χ2n) is 31.0. The Bertz CT molecular complexity index is 3290. The summed E-state index contributed by atoms with van der Waals surface area (Å²) < 4.78 is 113. The Morgan fingerprint density at radius 3 is 0.893 bits per heavy atom. The summed E-state index contributed by atoms with van der Waals surface area (Å²) >= 11 is 0. The third-order valence-electron chi connectivity index (χ3n) is 22.4. The Labute approximate surface area is 691 Å². The largest absolute Gasteiger partial charge is 0.394 e. The molecule has 0 bridgehead atoms. The van der Waals surface area contributed by atoms with Gasteiger partial charge in [-0.15, -0.1) is 0 Å². The number of carbonyl (C=O) groups is 4. The van der Waals surface area contributed by atoms with Crippen LogP contribution in [-0.4, -0.2) is 528 Å². The highest BCUT2D eigenvalue weighted by atomic mass is 16.8. The zero-order valence-electron chi connectivity index (χ0n) is 65.7.